The van der Waals surface area contributed by atoms with E-state index in [-0.39, 0.29) is 12.3 Å². The molecule has 0 unspecified atom stereocenters. The van der Waals surface area contributed by atoms with Crippen molar-refractivity contribution in [3.63, 3.8) is 0 Å². The van der Waals surface area contributed by atoms with E-state index in [1.165, 1.54) is 0 Å². The minimum atomic E-state index is -0.752. The molecule has 5 heteroatoms. The molecule has 1 rings (SSSR count). The normalized spacial score (nSPS) is 21.7. The van der Waals surface area contributed by atoms with E-state index in [0.717, 1.165) is 32.3 Å². The molecule has 0 spiro atoms. The summed E-state index contributed by atoms with van der Waals surface area (Å²) in [5, 5.41) is 11.4. The molecule has 5 nitrogen and oxygen atoms in total. The lowest BCUT2D eigenvalue weighted by atomic mass is 9.80. The summed E-state index contributed by atoms with van der Waals surface area (Å²) in [5.74, 6) is -0.167. The van der Waals surface area contributed by atoms with Crippen LogP contribution in [0.1, 0.15) is 51.9 Å². The van der Waals surface area contributed by atoms with Crippen LogP contribution < -0.4 is 5.32 Å². The predicted molar refractivity (Wildman–Crippen MR) is 71.9 cm³/mol. The van der Waals surface area contributed by atoms with Gasteiger partial charge in [0.25, 0.3) is 0 Å². The fourth-order valence-electron chi connectivity index (χ4n) is 2.35. The van der Waals surface area contributed by atoms with E-state index in [0.29, 0.717) is 31.4 Å². The highest BCUT2D eigenvalue weighted by atomic mass is 16.5. The molecule has 0 atom stereocenters. The number of carbonyl (C=O) groups excluding carboxylic acids is 1. The Kier molecular flexibility index (Phi) is 7.48. The molecule has 110 valence electrons. The predicted octanol–water partition coefficient (Wildman–Crippen LogP) is 1.95. The Bertz CT molecular complexity index is 287. The van der Waals surface area contributed by atoms with Crippen LogP contribution in [0, 0.1) is 5.92 Å². The van der Waals surface area contributed by atoms with Crippen molar-refractivity contribution in [3.05, 3.63) is 0 Å². The van der Waals surface area contributed by atoms with E-state index in [1.807, 2.05) is 6.92 Å². The van der Waals surface area contributed by atoms with Crippen LogP contribution in [0.5, 0.6) is 0 Å². The number of hydrogen-bond acceptors (Lipinski definition) is 3. The Hall–Kier alpha value is -1.10. The van der Waals surface area contributed by atoms with Gasteiger partial charge < -0.3 is 15.2 Å². The zero-order valence-electron chi connectivity index (χ0n) is 11.7. The molecule has 1 aliphatic rings. The van der Waals surface area contributed by atoms with Crippen molar-refractivity contribution in [3.8, 4) is 0 Å². The smallest absolute Gasteiger partial charge is 0.303 e. The van der Waals surface area contributed by atoms with Crippen molar-refractivity contribution in [2.45, 2.75) is 58.0 Å². The van der Waals surface area contributed by atoms with E-state index < -0.39 is 5.97 Å². The zero-order chi connectivity index (χ0) is 14.1. The number of carboxylic acids is 1. The third-order valence-corrected chi connectivity index (χ3v) is 3.46. The number of unbranched alkanes of at least 4 members (excludes halogenated alkanes) is 2. The van der Waals surface area contributed by atoms with Gasteiger partial charge in [-0.05, 0) is 38.5 Å². The van der Waals surface area contributed by atoms with Gasteiger partial charge in [0.2, 0.25) is 5.91 Å². The molecular formula is C14H25NO4. The van der Waals surface area contributed by atoms with Gasteiger partial charge in [0.05, 0.1) is 6.10 Å². The van der Waals surface area contributed by atoms with Crippen LogP contribution in [-0.2, 0) is 14.3 Å². The van der Waals surface area contributed by atoms with Crippen molar-refractivity contribution in [2.24, 2.45) is 5.92 Å². The summed E-state index contributed by atoms with van der Waals surface area (Å²) < 4.78 is 5.45. The van der Waals surface area contributed by atoms with Gasteiger partial charge in [0, 0.05) is 26.0 Å². The summed E-state index contributed by atoms with van der Waals surface area (Å²) >= 11 is 0. The van der Waals surface area contributed by atoms with Crippen LogP contribution in [0.4, 0.5) is 0 Å². The van der Waals surface area contributed by atoms with Crippen LogP contribution in [0.2, 0.25) is 0 Å². The Morgan fingerprint density at radius 2 is 2.00 bits per heavy atom. The largest absolute Gasteiger partial charge is 0.481 e. The molecular weight excluding hydrogens is 246 g/mol. The SMILES string of the molecule is CCOC1CC(CC(=O)NCCCCCC(=O)O)C1. The number of hydrogen-bond donors (Lipinski definition) is 2. The average molecular weight is 271 g/mol. The monoisotopic (exact) mass is 271 g/mol. The van der Waals surface area contributed by atoms with Crippen LogP contribution in [-0.4, -0.2) is 36.2 Å². The summed E-state index contributed by atoms with van der Waals surface area (Å²) in [6, 6.07) is 0. The Morgan fingerprint density at radius 3 is 2.63 bits per heavy atom. The molecule has 0 heterocycles. The van der Waals surface area contributed by atoms with E-state index >= 15 is 0 Å². The molecule has 0 aromatic heterocycles. The van der Waals surface area contributed by atoms with Gasteiger partial charge in [-0.2, -0.15) is 0 Å². The maximum Gasteiger partial charge on any atom is 0.303 e. The number of rotatable bonds is 10. The molecule has 2 N–H and O–H groups in total. The molecule has 0 aromatic rings. The van der Waals surface area contributed by atoms with Crippen molar-refractivity contribution in [2.75, 3.05) is 13.2 Å². The second kappa shape index (κ2) is 8.91. The van der Waals surface area contributed by atoms with Gasteiger partial charge >= 0.3 is 5.97 Å². The number of aliphatic carboxylic acids is 1. The van der Waals surface area contributed by atoms with Gasteiger partial charge in [-0.1, -0.05) is 6.42 Å². The Balaban J connectivity index is 1.90. The fourth-order valence-corrected chi connectivity index (χ4v) is 2.35. The summed E-state index contributed by atoms with van der Waals surface area (Å²) in [6.07, 6.45) is 5.56. The van der Waals surface area contributed by atoms with Gasteiger partial charge in [0.1, 0.15) is 0 Å². The number of amides is 1. The highest BCUT2D eigenvalue weighted by Crippen LogP contribution is 2.32. The third-order valence-electron chi connectivity index (χ3n) is 3.46. The van der Waals surface area contributed by atoms with E-state index in [4.69, 9.17) is 9.84 Å². The van der Waals surface area contributed by atoms with Crippen molar-refractivity contribution in [1.29, 1.82) is 0 Å². The first-order valence-electron chi connectivity index (χ1n) is 7.22. The quantitative estimate of drug-likeness (QED) is 0.595. The maximum absolute atomic E-state index is 11.6. The minimum Gasteiger partial charge on any atom is -0.481 e. The Morgan fingerprint density at radius 1 is 1.26 bits per heavy atom. The van der Waals surface area contributed by atoms with Gasteiger partial charge in [-0.15, -0.1) is 0 Å². The van der Waals surface area contributed by atoms with E-state index in [1.54, 1.807) is 0 Å². The molecule has 0 aromatic carbocycles. The topological polar surface area (TPSA) is 75.6 Å². The molecule has 1 saturated carbocycles. The molecule has 1 amide bonds. The Labute approximate surface area is 114 Å². The summed E-state index contributed by atoms with van der Waals surface area (Å²) in [5.41, 5.74) is 0. The van der Waals surface area contributed by atoms with Gasteiger partial charge in [-0.25, -0.2) is 0 Å². The second-order valence-electron chi connectivity index (χ2n) is 5.17. The highest BCUT2D eigenvalue weighted by molar-refractivity contribution is 5.76. The van der Waals surface area contributed by atoms with Crippen molar-refractivity contribution >= 4 is 11.9 Å². The summed E-state index contributed by atoms with van der Waals surface area (Å²) in [4.78, 5) is 21.9. The van der Waals surface area contributed by atoms with Crippen LogP contribution in [0.15, 0.2) is 0 Å². The molecule has 1 aliphatic carbocycles. The molecule has 0 radical (unpaired) electrons. The highest BCUT2D eigenvalue weighted by Gasteiger charge is 2.30. The van der Waals surface area contributed by atoms with Gasteiger partial charge in [0.15, 0.2) is 0 Å². The third kappa shape index (κ3) is 7.15. The number of ether oxygens (including phenoxy) is 1. The van der Waals surface area contributed by atoms with Crippen LogP contribution >= 0.6 is 0 Å². The summed E-state index contributed by atoms with van der Waals surface area (Å²) in [7, 11) is 0. The zero-order valence-corrected chi connectivity index (χ0v) is 11.7. The van der Waals surface area contributed by atoms with Crippen molar-refractivity contribution in [1.82, 2.24) is 5.32 Å². The van der Waals surface area contributed by atoms with Crippen LogP contribution in [0.25, 0.3) is 0 Å². The average Bonchev–Trinajstić information content (AvgIpc) is 2.30. The van der Waals surface area contributed by atoms with Gasteiger partial charge in [-0.3, -0.25) is 9.59 Å². The molecule has 1 fully saturated rings. The number of carboxylic acid groups (broad SMARTS) is 1. The van der Waals surface area contributed by atoms with E-state index in [2.05, 4.69) is 5.32 Å². The number of carbonyl (C=O) groups is 2. The maximum atomic E-state index is 11.6. The summed E-state index contributed by atoms with van der Waals surface area (Å²) in [6.45, 7) is 3.39. The standard InChI is InChI=1S/C14H25NO4/c1-2-19-12-8-11(9-12)10-13(16)15-7-5-3-4-6-14(17)18/h11-12H,2-10H2,1H3,(H,15,16)(H,17,18). The fraction of sp³-hybridized carbons (Fsp3) is 0.857. The first-order chi connectivity index (χ1) is 9.11. The van der Waals surface area contributed by atoms with Crippen molar-refractivity contribution < 1.29 is 19.4 Å². The first kappa shape index (κ1) is 16.0. The molecule has 19 heavy (non-hydrogen) atoms. The lowest BCUT2D eigenvalue weighted by molar-refractivity contribution is -0.137. The molecule has 0 bridgehead atoms. The first-order valence-corrected chi connectivity index (χ1v) is 7.22. The van der Waals surface area contributed by atoms with Crippen LogP contribution in [0.3, 0.4) is 0 Å². The number of nitrogens with one attached hydrogen (secondary N) is 1. The minimum absolute atomic E-state index is 0.109. The molecule has 0 aliphatic heterocycles. The van der Waals surface area contributed by atoms with E-state index in [9.17, 15) is 9.59 Å². The second-order valence-corrected chi connectivity index (χ2v) is 5.17. The molecule has 0 saturated heterocycles. The lowest BCUT2D eigenvalue weighted by Crippen LogP contribution is -2.36. The lowest BCUT2D eigenvalue weighted by Gasteiger charge is -2.34.